The first-order chi connectivity index (χ1) is 17.2. The molecule has 1 saturated heterocycles. The van der Waals surface area contributed by atoms with Crippen LogP contribution in [0.3, 0.4) is 0 Å². The molecule has 1 aliphatic heterocycles. The number of hydrogen-bond acceptors (Lipinski definition) is 6. The summed E-state index contributed by atoms with van der Waals surface area (Å²) < 4.78 is 54.5. The minimum atomic E-state index is -4.75. The Balaban J connectivity index is 1.71. The summed E-state index contributed by atoms with van der Waals surface area (Å²) in [6, 6.07) is 6.88. The molecule has 36 heavy (non-hydrogen) atoms. The van der Waals surface area contributed by atoms with E-state index in [1.54, 1.807) is 17.6 Å². The standard InChI is InChI=1S/C25H19F4N5OS/c1-16-14-20(25(27,28)29)19(15-30)23(32-16)34-12-2-4-21(34)24(35)33(18-8-6-17(26)7-9-18)11-3-5-22-31-10-13-36-22/h6-10,13-14,21H,2,4,11-12H2,1H3/t21-/m0/s1. The van der Waals surface area contributed by atoms with Gasteiger partial charge in [-0.05, 0) is 56.0 Å². The molecule has 11 heteroatoms. The molecule has 0 spiro atoms. The Hall–Kier alpha value is -3.96. The Labute approximate surface area is 208 Å². The summed E-state index contributed by atoms with van der Waals surface area (Å²) in [6.07, 6.45) is -2.29. The van der Waals surface area contributed by atoms with Gasteiger partial charge >= 0.3 is 6.18 Å². The molecule has 4 rings (SSSR count). The highest BCUT2D eigenvalue weighted by atomic mass is 32.1. The number of rotatable bonds is 4. The SMILES string of the molecule is Cc1cc(C(F)(F)F)c(C#N)c(N2CCC[C@H]2C(=O)N(CC#Cc2nccs2)c2ccc(F)cc2)n1. The number of aromatic nitrogens is 2. The fourth-order valence-corrected chi connectivity index (χ4v) is 4.56. The van der Waals surface area contributed by atoms with Crippen molar-refractivity contribution in [1.82, 2.24) is 9.97 Å². The molecule has 1 atom stereocenters. The van der Waals surface area contributed by atoms with Gasteiger partial charge in [-0.15, -0.1) is 11.3 Å². The molecular formula is C25H19F4N5OS. The van der Waals surface area contributed by atoms with Crippen molar-refractivity contribution in [3.05, 3.63) is 69.6 Å². The van der Waals surface area contributed by atoms with Crippen LogP contribution in [0.25, 0.3) is 0 Å². The molecule has 0 N–H and O–H groups in total. The first-order valence-electron chi connectivity index (χ1n) is 10.9. The van der Waals surface area contributed by atoms with Crippen molar-refractivity contribution in [3.63, 3.8) is 0 Å². The molecule has 0 aliphatic carbocycles. The molecule has 1 fully saturated rings. The molecule has 0 unspecified atom stereocenters. The van der Waals surface area contributed by atoms with Gasteiger partial charge in [0.1, 0.15) is 29.3 Å². The van der Waals surface area contributed by atoms with Crippen molar-refractivity contribution in [2.45, 2.75) is 32.0 Å². The zero-order valence-corrected chi connectivity index (χ0v) is 19.8. The van der Waals surface area contributed by atoms with E-state index in [9.17, 15) is 27.6 Å². The summed E-state index contributed by atoms with van der Waals surface area (Å²) in [5.74, 6) is 4.67. The summed E-state index contributed by atoms with van der Waals surface area (Å²) in [5.41, 5.74) is -1.24. The lowest BCUT2D eigenvalue weighted by atomic mass is 10.1. The predicted octanol–water partition coefficient (Wildman–Crippen LogP) is 4.93. The monoisotopic (exact) mass is 513 g/mol. The highest BCUT2D eigenvalue weighted by Crippen LogP contribution is 2.38. The van der Waals surface area contributed by atoms with Crippen molar-refractivity contribution in [3.8, 4) is 17.9 Å². The molecule has 184 valence electrons. The summed E-state index contributed by atoms with van der Waals surface area (Å²) in [7, 11) is 0. The molecule has 0 bridgehead atoms. The lowest BCUT2D eigenvalue weighted by Gasteiger charge is -2.31. The zero-order valence-electron chi connectivity index (χ0n) is 19.0. The van der Waals surface area contributed by atoms with E-state index in [0.29, 0.717) is 23.5 Å². The molecule has 3 aromatic rings. The van der Waals surface area contributed by atoms with Crippen molar-refractivity contribution in [2.75, 3.05) is 22.9 Å². The Morgan fingerprint density at radius 3 is 2.69 bits per heavy atom. The molecule has 0 radical (unpaired) electrons. The summed E-state index contributed by atoms with van der Waals surface area (Å²) in [5, 5.41) is 11.9. The van der Waals surface area contributed by atoms with Gasteiger partial charge in [0.15, 0.2) is 5.01 Å². The van der Waals surface area contributed by atoms with E-state index < -0.39 is 35.1 Å². The number of carbonyl (C=O) groups is 1. The van der Waals surface area contributed by atoms with E-state index in [1.807, 2.05) is 0 Å². The summed E-state index contributed by atoms with van der Waals surface area (Å²) in [4.78, 5) is 24.9. The van der Waals surface area contributed by atoms with Crippen molar-refractivity contribution in [2.24, 2.45) is 0 Å². The van der Waals surface area contributed by atoms with Gasteiger partial charge in [-0.1, -0.05) is 5.92 Å². The van der Waals surface area contributed by atoms with E-state index >= 15 is 0 Å². The third kappa shape index (κ3) is 5.31. The van der Waals surface area contributed by atoms with Crippen LogP contribution in [0.2, 0.25) is 0 Å². The Morgan fingerprint density at radius 1 is 1.31 bits per heavy atom. The van der Waals surface area contributed by atoms with Crippen LogP contribution in [0, 0.1) is 35.9 Å². The number of alkyl halides is 3. The van der Waals surface area contributed by atoms with Crippen LogP contribution in [0.15, 0.2) is 41.9 Å². The molecule has 3 heterocycles. The molecule has 6 nitrogen and oxygen atoms in total. The van der Waals surface area contributed by atoms with E-state index in [0.717, 1.165) is 6.07 Å². The van der Waals surface area contributed by atoms with Gasteiger partial charge in [0.05, 0.1) is 12.1 Å². The molecule has 0 saturated carbocycles. The Bertz CT molecular complexity index is 1350. The number of benzene rings is 1. The van der Waals surface area contributed by atoms with Crippen LogP contribution in [0.4, 0.5) is 29.1 Å². The lowest BCUT2D eigenvalue weighted by Crippen LogP contribution is -2.47. The second kappa shape index (κ2) is 10.3. The Morgan fingerprint density at radius 2 is 2.06 bits per heavy atom. The number of halogens is 4. The van der Waals surface area contributed by atoms with E-state index in [4.69, 9.17) is 0 Å². The van der Waals surface area contributed by atoms with Gasteiger partial charge in [-0.25, -0.2) is 14.4 Å². The maximum absolute atomic E-state index is 13.8. The van der Waals surface area contributed by atoms with Crippen LogP contribution >= 0.6 is 11.3 Å². The van der Waals surface area contributed by atoms with Crippen LogP contribution in [-0.4, -0.2) is 35.0 Å². The fourth-order valence-electron chi connectivity index (χ4n) is 4.05. The van der Waals surface area contributed by atoms with Crippen LogP contribution < -0.4 is 9.80 Å². The Kier molecular flexibility index (Phi) is 7.22. The van der Waals surface area contributed by atoms with E-state index in [1.165, 1.54) is 52.3 Å². The highest BCUT2D eigenvalue weighted by Gasteiger charge is 2.40. The summed E-state index contributed by atoms with van der Waals surface area (Å²) in [6.45, 7) is 1.61. The smallest absolute Gasteiger partial charge is 0.343 e. The van der Waals surface area contributed by atoms with Crippen molar-refractivity contribution in [1.29, 1.82) is 5.26 Å². The number of amides is 1. The molecule has 1 aliphatic rings. The second-order valence-electron chi connectivity index (χ2n) is 8.01. The van der Waals surface area contributed by atoms with Gasteiger partial charge < -0.3 is 4.90 Å². The van der Waals surface area contributed by atoms with Crippen LogP contribution in [-0.2, 0) is 11.0 Å². The molecular weight excluding hydrogens is 494 g/mol. The number of anilines is 2. The quantitative estimate of drug-likeness (QED) is 0.366. The van der Waals surface area contributed by atoms with Crippen LogP contribution in [0.1, 0.15) is 34.7 Å². The van der Waals surface area contributed by atoms with Crippen molar-refractivity contribution >= 4 is 28.7 Å². The number of pyridine rings is 1. The minimum Gasteiger partial charge on any atom is -0.343 e. The largest absolute Gasteiger partial charge is 0.417 e. The fraction of sp³-hybridized carbons (Fsp3) is 0.280. The zero-order chi connectivity index (χ0) is 25.9. The van der Waals surface area contributed by atoms with Gasteiger partial charge in [0, 0.05) is 29.5 Å². The molecule has 2 aromatic heterocycles. The number of carbonyl (C=O) groups excluding carboxylic acids is 1. The number of hydrogen-bond donors (Lipinski definition) is 0. The second-order valence-corrected chi connectivity index (χ2v) is 8.91. The van der Waals surface area contributed by atoms with Gasteiger partial charge in [-0.2, -0.15) is 18.4 Å². The topological polar surface area (TPSA) is 73.1 Å². The predicted molar refractivity (Wildman–Crippen MR) is 127 cm³/mol. The van der Waals surface area contributed by atoms with E-state index in [-0.39, 0.29) is 24.6 Å². The minimum absolute atomic E-state index is 0.0471. The normalized spacial score (nSPS) is 15.2. The first-order valence-corrected chi connectivity index (χ1v) is 11.8. The first kappa shape index (κ1) is 25.1. The van der Waals surface area contributed by atoms with Crippen LogP contribution in [0.5, 0.6) is 0 Å². The summed E-state index contributed by atoms with van der Waals surface area (Å²) >= 11 is 1.34. The average Bonchev–Trinajstić information content (AvgIpc) is 3.53. The molecule has 1 aromatic carbocycles. The highest BCUT2D eigenvalue weighted by molar-refractivity contribution is 7.10. The van der Waals surface area contributed by atoms with Gasteiger partial charge in [-0.3, -0.25) is 9.69 Å². The lowest BCUT2D eigenvalue weighted by molar-refractivity contribution is -0.137. The van der Waals surface area contributed by atoms with Gasteiger partial charge in [0.2, 0.25) is 0 Å². The number of thiazole rings is 1. The average molecular weight is 514 g/mol. The van der Waals surface area contributed by atoms with E-state index in [2.05, 4.69) is 21.8 Å². The number of aryl methyl sites for hydroxylation is 1. The number of nitriles is 1. The maximum atomic E-state index is 13.8. The maximum Gasteiger partial charge on any atom is 0.417 e. The number of nitrogens with zero attached hydrogens (tertiary/aromatic N) is 5. The van der Waals surface area contributed by atoms with Gasteiger partial charge in [0.25, 0.3) is 5.91 Å². The third-order valence-corrected chi connectivity index (χ3v) is 6.31. The van der Waals surface area contributed by atoms with Crippen molar-refractivity contribution < 1.29 is 22.4 Å². The molecule has 1 amide bonds. The third-order valence-electron chi connectivity index (χ3n) is 5.62.